The number of aryl methyl sites for hydroxylation is 1. The topological polar surface area (TPSA) is 105 Å². The van der Waals surface area contributed by atoms with Crippen LogP contribution in [-0.4, -0.2) is 28.0 Å². The number of rotatable bonds is 7. The van der Waals surface area contributed by atoms with E-state index >= 15 is 0 Å². The van der Waals surface area contributed by atoms with Crippen molar-refractivity contribution in [3.63, 3.8) is 0 Å². The van der Waals surface area contributed by atoms with Gasteiger partial charge in [0.1, 0.15) is 11.9 Å². The van der Waals surface area contributed by atoms with Gasteiger partial charge in [-0.25, -0.2) is 9.78 Å². The lowest BCUT2D eigenvalue weighted by molar-refractivity contribution is -0.138. The summed E-state index contributed by atoms with van der Waals surface area (Å²) >= 11 is 0. The van der Waals surface area contributed by atoms with Gasteiger partial charge in [-0.1, -0.05) is 19.8 Å². The second kappa shape index (κ2) is 6.72. The van der Waals surface area contributed by atoms with Gasteiger partial charge < -0.3 is 16.2 Å². The standard InChI is InChI=1S/C13H19N3O3/c1-3-4-5-10(13(18)19)16-12-9(11(14)17)7-6-8(2)15-12/h6-7,10H,3-5H2,1-2H3,(H2,14,17)(H,15,16)(H,18,19). The van der Waals surface area contributed by atoms with Crippen LogP contribution in [0.2, 0.25) is 0 Å². The molecular formula is C13H19N3O3. The number of carbonyl (C=O) groups excluding carboxylic acids is 1. The van der Waals surface area contributed by atoms with E-state index in [0.717, 1.165) is 12.8 Å². The van der Waals surface area contributed by atoms with Crippen LogP contribution in [0.15, 0.2) is 12.1 Å². The first-order valence-electron chi connectivity index (χ1n) is 6.22. The fourth-order valence-electron chi connectivity index (χ4n) is 1.70. The lowest BCUT2D eigenvalue weighted by Gasteiger charge is -2.16. The zero-order valence-corrected chi connectivity index (χ0v) is 11.1. The van der Waals surface area contributed by atoms with Crippen molar-refractivity contribution in [2.75, 3.05) is 5.32 Å². The van der Waals surface area contributed by atoms with Crippen molar-refractivity contribution >= 4 is 17.7 Å². The van der Waals surface area contributed by atoms with Gasteiger partial charge in [0.2, 0.25) is 0 Å². The maximum atomic E-state index is 11.3. The molecule has 104 valence electrons. The summed E-state index contributed by atoms with van der Waals surface area (Å²) in [5.41, 5.74) is 6.14. The summed E-state index contributed by atoms with van der Waals surface area (Å²) < 4.78 is 0. The van der Waals surface area contributed by atoms with Crippen molar-refractivity contribution in [1.82, 2.24) is 4.98 Å². The smallest absolute Gasteiger partial charge is 0.326 e. The summed E-state index contributed by atoms with van der Waals surface area (Å²) in [6.07, 6.45) is 2.15. The molecule has 1 atom stereocenters. The number of aliphatic carboxylic acids is 1. The van der Waals surface area contributed by atoms with Crippen LogP contribution in [0.3, 0.4) is 0 Å². The Bertz CT molecular complexity index is 474. The second-order valence-corrected chi connectivity index (χ2v) is 4.39. The molecule has 0 saturated carbocycles. The van der Waals surface area contributed by atoms with Gasteiger partial charge in [0.25, 0.3) is 5.91 Å². The van der Waals surface area contributed by atoms with Crippen LogP contribution in [-0.2, 0) is 4.79 Å². The minimum absolute atomic E-state index is 0.202. The van der Waals surface area contributed by atoms with Crippen molar-refractivity contribution in [3.05, 3.63) is 23.4 Å². The number of primary amides is 1. The number of anilines is 1. The molecule has 0 aromatic carbocycles. The Hall–Kier alpha value is -2.11. The minimum atomic E-state index is -0.966. The van der Waals surface area contributed by atoms with E-state index in [-0.39, 0.29) is 11.4 Å². The molecule has 1 aromatic heterocycles. The molecule has 0 aliphatic heterocycles. The highest BCUT2D eigenvalue weighted by molar-refractivity contribution is 5.98. The van der Waals surface area contributed by atoms with Gasteiger partial charge in [-0.2, -0.15) is 0 Å². The predicted octanol–water partition coefficient (Wildman–Crippen LogP) is 1.54. The van der Waals surface area contributed by atoms with Gasteiger partial charge in [-0.15, -0.1) is 0 Å². The van der Waals surface area contributed by atoms with Crippen molar-refractivity contribution in [3.8, 4) is 0 Å². The molecule has 0 aliphatic rings. The Kier molecular flexibility index (Phi) is 5.29. The molecule has 0 bridgehead atoms. The van der Waals surface area contributed by atoms with Gasteiger partial charge in [0.05, 0.1) is 5.56 Å². The molecule has 1 unspecified atom stereocenters. The van der Waals surface area contributed by atoms with Crippen LogP contribution < -0.4 is 11.1 Å². The number of nitrogens with two attached hydrogens (primary N) is 1. The normalized spacial score (nSPS) is 11.9. The third-order valence-corrected chi connectivity index (χ3v) is 2.76. The van der Waals surface area contributed by atoms with Crippen LogP contribution in [0.25, 0.3) is 0 Å². The first-order chi connectivity index (χ1) is 8.95. The van der Waals surface area contributed by atoms with E-state index in [1.165, 1.54) is 0 Å². The maximum absolute atomic E-state index is 11.3. The molecule has 6 nitrogen and oxygen atoms in total. The zero-order chi connectivity index (χ0) is 14.4. The third-order valence-electron chi connectivity index (χ3n) is 2.76. The van der Waals surface area contributed by atoms with E-state index in [9.17, 15) is 9.59 Å². The molecule has 1 amide bonds. The van der Waals surface area contributed by atoms with Gasteiger partial charge in [-0.05, 0) is 25.5 Å². The minimum Gasteiger partial charge on any atom is -0.480 e. The van der Waals surface area contributed by atoms with E-state index in [2.05, 4.69) is 10.3 Å². The zero-order valence-electron chi connectivity index (χ0n) is 11.1. The molecule has 1 rings (SSSR count). The van der Waals surface area contributed by atoms with Crippen molar-refractivity contribution in [2.45, 2.75) is 39.2 Å². The lowest BCUT2D eigenvalue weighted by atomic mass is 10.1. The number of aromatic nitrogens is 1. The summed E-state index contributed by atoms with van der Waals surface area (Å²) in [5.74, 6) is -1.36. The molecule has 1 aromatic rings. The Morgan fingerprint density at radius 3 is 2.68 bits per heavy atom. The number of amides is 1. The molecule has 4 N–H and O–H groups in total. The lowest BCUT2D eigenvalue weighted by Crippen LogP contribution is -2.31. The summed E-state index contributed by atoms with van der Waals surface area (Å²) in [6.45, 7) is 3.75. The molecule has 0 saturated heterocycles. The van der Waals surface area contributed by atoms with E-state index in [1.54, 1.807) is 19.1 Å². The number of pyridine rings is 1. The summed E-state index contributed by atoms with van der Waals surface area (Å²) in [6, 6.07) is 2.44. The quantitative estimate of drug-likeness (QED) is 0.693. The summed E-state index contributed by atoms with van der Waals surface area (Å²) in [4.78, 5) is 26.6. The Labute approximate surface area is 112 Å². The highest BCUT2D eigenvalue weighted by Crippen LogP contribution is 2.16. The molecule has 1 heterocycles. The van der Waals surface area contributed by atoms with Crippen molar-refractivity contribution in [2.24, 2.45) is 5.73 Å². The van der Waals surface area contributed by atoms with Gasteiger partial charge >= 0.3 is 5.97 Å². The Balaban J connectivity index is 2.97. The first kappa shape index (κ1) is 14.9. The molecule has 0 fully saturated rings. The average Bonchev–Trinajstić information content (AvgIpc) is 2.33. The Morgan fingerprint density at radius 1 is 1.47 bits per heavy atom. The van der Waals surface area contributed by atoms with Crippen molar-refractivity contribution < 1.29 is 14.7 Å². The number of carboxylic acids is 1. The number of nitrogens with one attached hydrogen (secondary N) is 1. The van der Waals surface area contributed by atoms with Crippen LogP contribution in [0.4, 0.5) is 5.82 Å². The molecule has 19 heavy (non-hydrogen) atoms. The first-order valence-corrected chi connectivity index (χ1v) is 6.22. The fraction of sp³-hybridized carbons (Fsp3) is 0.462. The predicted molar refractivity (Wildman–Crippen MR) is 72.1 cm³/mol. The SMILES string of the molecule is CCCCC(Nc1nc(C)ccc1C(N)=O)C(=O)O. The number of hydrogen-bond acceptors (Lipinski definition) is 4. The molecule has 0 radical (unpaired) electrons. The van der Waals surface area contributed by atoms with E-state index < -0.39 is 17.9 Å². The summed E-state index contributed by atoms with van der Waals surface area (Å²) in [5, 5.41) is 11.9. The van der Waals surface area contributed by atoms with Crippen LogP contribution >= 0.6 is 0 Å². The average molecular weight is 265 g/mol. The van der Waals surface area contributed by atoms with Gasteiger partial charge in [0, 0.05) is 5.69 Å². The monoisotopic (exact) mass is 265 g/mol. The molecule has 0 aliphatic carbocycles. The Morgan fingerprint density at radius 2 is 2.16 bits per heavy atom. The van der Waals surface area contributed by atoms with E-state index in [1.807, 2.05) is 6.92 Å². The van der Waals surface area contributed by atoms with Gasteiger partial charge in [-0.3, -0.25) is 4.79 Å². The number of hydrogen-bond donors (Lipinski definition) is 3. The molecule has 0 spiro atoms. The van der Waals surface area contributed by atoms with Crippen LogP contribution in [0.1, 0.15) is 42.2 Å². The highest BCUT2D eigenvalue weighted by atomic mass is 16.4. The van der Waals surface area contributed by atoms with Crippen molar-refractivity contribution in [1.29, 1.82) is 0 Å². The fourth-order valence-corrected chi connectivity index (χ4v) is 1.70. The highest BCUT2D eigenvalue weighted by Gasteiger charge is 2.20. The van der Waals surface area contributed by atoms with Crippen LogP contribution in [0.5, 0.6) is 0 Å². The van der Waals surface area contributed by atoms with E-state index in [0.29, 0.717) is 12.1 Å². The number of nitrogens with zero attached hydrogens (tertiary/aromatic N) is 1. The summed E-state index contributed by atoms with van der Waals surface area (Å²) in [7, 11) is 0. The number of unbranched alkanes of at least 4 members (excludes halogenated alkanes) is 1. The molecular weight excluding hydrogens is 246 g/mol. The number of carboxylic acid groups (broad SMARTS) is 1. The maximum Gasteiger partial charge on any atom is 0.326 e. The largest absolute Gasteiger partial charge is 0.480 e. The van der Waals surface area contributed by atoms with Crippen LogP contribution in [0, 0.1) is 6.92 Å². The second-order valence-electron chi connectivity index (χ2n) is 4.39. The third kappa shape index (κ3) is 4.24. The van der Waals surface area contributed by atoms with E-state index in [4.69, 9.17) is 10.8 Å². The molecule has 6 heteroatoms. The number of carbonyl (C=O) groups is 2. The van der Waals surface area contributed by atoms with Gasteiger partial charge in [0.15, 0.2) is 0 Å².